The molecule has 0 aliphatic heterocycles. The Morgan fingerprint density at radius 2 is 1.60 bits per heavy atom. The highest BCUT2D eigenvalue weighted by Gasteiger charge is 2.10. The molecule has 0 fully saturated rings. The standard InChI is InChI=1S/C22H19N3O5/c26-21(13-14-23-22(27)16-9-11-18(12-10-16)25(28)29)24-17-5-4-8-20(15-17)30-19-6-2-1-3-7-19/h1-12,15H,13-14H2,(H,23,27)(H,24,26). The number of para-hydroxylation sites is 1. The molecule has 2 amide bonds. The second-order valence-corrected chi connectivity index (χ2v) is 6.30. The number of hydrogen-bond acceptors (Lipinski definition) is 5. The molecule has 3 rings (SSSR count). The summed E-state index contributed by atoms with van der Waals surface area (Å²) in [4.78, 5) is 34.3. The third-order valence-corrected chi connectivity index (χ3v) is 4.07. The van der Waals surface area contributed by atoms with Crippen LogP contribution >= 0.6 is 0 Å². The zero-order valence-corrected chi connectivity index (χ0v) is 15.9. The van der Waals surface area contributed by atoms with Crippen molar-refractivity contribution in [2.24, 2.45) is 0 Å². The smallest absolute Gasteiger partial charge is 0.269 e. The second-order valence-electron chi connectivity index (χ2n) is 6.30. The molecule has 8 nitrogen and oxygen atoms in total. The third kappa shape index (κ3) is 5.90. The summed E-state index contributed by atoms with van der Waals surface area (Å²) < 4.78 is 5.73. The Morgan fingerprint density at radius 1 is 0.900 bits per heavy atom. The van der Waals surface area contributed by atoms with Crippen LogP contribution in [0.4, 0.5) is 11.4 Å². The largest absolute Gasteiger partial charge is 0.457 e. The van der Waals surface area contributed by atoms with Crippen molar-refractivity contribution in [2.45, 2.75) is 6.42 Å². The average Bonchev–Trinajstić information content (AvgIpc) is 2.74. The summed E-state index contributed by atoms with van der Waals surface area (Å²) in [5.74, 6) is 0.604. The van der Waals surface area contributed by atoms with Crippen LogP contribution in [0.25, 0.3) is 0 Å². The SMILES string of the molecule is O=C(CCNC(=O)c1ccc([N+](=O)[O-])cc1)Nc1cccc(Oc2ccccc2)c1. The number of non-ortho nitro benzene ring substituents is 1. The van der Waals surface area contributed by atoms with Crippen LogP contribution in [-0.4, -0.2) is 23.3 Å². The van der Waals surface area contributed by atoms with E-state index < -0.39 is 10.8 Å². The number of rotatable bonds is 8. The summed E-state index contributed by atoms with van der Waals surface area (Å²) in [6.07, 6.45) is 0.0719. The third-order valence-electron chi connectivity index (χ3n) is 4.07. The number of hydrogen-bond donors (Lipinski definition) is 2. The first-order valence-corrected chi connectivity index (χ1v) is 9.17. The summed E-state index contributed by atoms with van der Waals surface area (Å²) in [7, 11) is 0. The van der Waals surface area contributed by atoms with Crippen LogP contribution in [0.5, 0.6) is 11.5 Å². The number of ether oxygens (including phenoxy) is 1. The molecule has 3 aromatic rings. The van der Waals surface area contributed by atoms with E-state index in [4.69, 9.17) is 4.74 Å². The molecule has 8 heteroatoms. The first kappa shape index (κ1) is 20.5. The highest BCUT2D eigenvalue weighted by molar-refractivity contribution is 5.95. The number of nitro groups is 1. The van der Waals surface area contributed by atoms with Crippen molar-refractivity contribution in [3.8, 4) is 11.5 Å². The van der Waals surface area contributed by atoms with Gasteiger partial charge in [0.1, 0.15) is 11.5 Å². The number of nitrogens with one attached hydrogen (secondary N) is 2. The number of anilines is 1. The lowest BCUT2D eigenvalue weighted by molar-refractivity contribution is -0.384. The van der Waals surface area contributed by atoms with Gasteiger partial charge in [-0.3, -0.25) is 19.7 Å². The first-order valence-electron chi connectivity index (χ1n) is 9.17. The summed E-state index contributed by atoms with van der Waals surface area (Å²) in [6.45, 7) is 0.127. The van der Waals surface area contributed by atoms with Gasteiger partial charge in [-0.15, -0.1) is 0 Å². The molecule has 0 aliphatic rings. The van der Waals surface area contributed by atoms with Gasteiger partial charge in [-0.25, -0.2) is 0 Å². The number of nitrogens with zero attached hydrogens (tertiary/aromatic N) is 1. The summed E-state index contributed by atoms with van der Waals surface area (Å²) >= 11 is 0. The monoisotopic (exact) mass is 405 g/mol. The number of carbonyl (C=O) groups is 2. The van der Waals surface area contributed by atoms with Gasteiger partial charge in [0, 0.05) is 42.4 Å². The van der Waals surface area contributed by atoms with Crippen LogP contribution in [0, 0.1) is 10.1 Å². The second kappa shape index (κ2) is 9.83. The molecule has 2 N–H and O–H groups in total. The Kier molecular flexibility index (Phi) is 6.73. The number of nitro benzene ring substituents is 1. The van der Waals surface area contributed by atoms with Crippen molar-refractivity contribution in [2.75, 3.05) is 11.9 Å². The molecular weight excluding hydrogens is 386 g/mol. The Bertz CT molecular complexity index is 1040. The quantitative estimate of drug-likeness (QED) is 0.432. The summed E-state index contributed by atoms with van der Waals surface area (Å²) in [5.41, 5.74) is 0.770. The molecule has 0 radical (unpaired) electrons. The maximum atomic E-state index is 12.1. The van der Waals surface area contributed by atoms with Gasteiger partial charge in [-0.1, -0.05) is 24.3 Å². The Labute approximate surface area is 172 Å². The van der Waals surface area contributed by atoms with Crippen LogP contribution in [0.2, 0.25) is 0 Å². The van der Waals surface area contributed by atoms with Crippen LogP contribution in [0.1, 0.15) is 16.8 Å². The number of benzene rings is 3. The van der Waals surface area contributed by atoms with Crippen LogP contribution in [-0.2, 0) is 4.79 Å². The molecule has 0 bridgehead atoms. The molecule has 0 spiro atoms. The fraction of sp³-hybridized carbons (Fsp3) is 0.0909. The average molecular weight is 405 g/mol. The highest BCUT2D eigenvalue weighted by atomic mass is 16.6. The van der Waals surface area contributed by atoms with Crippen LogP contribution < -0.4 is 15.4 Å². The zero-order chi connectivity index (χ0) is 21.3. The van der Waals surface area contributed by atoms with E-state index in [1.54, 1.807) is 24.3 Å². The molecule has 0 saturated carbocycles. The normalized spacial score (nSPS) is 10.1. The van der Waals surface area contributed by atoms with E-state index in [0.717, 1.165) is 0 Å². The van der Waals surface area contributed by atoms with E-state index in [0.29, 0.717) is 17.2 Å². The Morgan fingerprint density at radius 3 is 2.30 bits per heavy atom. The summed E-state index contributed by atoms with van der Waals surface area (Å²) in [6, 6.07) is 21.5. The highest BCUT2D eigenvalue weighted by Crippen LogP contribution is 2.23. The van der Waals surface area contributed by atoms with Crippen molar-refractivity contribution in [3.05, 3.63) is 94.5 Å². The lowest BCUT2D eigenvalue weighted by Crippen LogP contribution is -2.27. The predicted octanol–water partition coefficient (Wildman–Crippen LogP) is 4.15. The lowest BCUT2D eigenvalue weighted by atomic mass is 10.2. The van der Waals surface area contributed by atoms with Gasteiger partial charge < -0.3 is 15.4 Å². The number of amides is 2. The maximum Gasteiger partial charge on any atom is 0.269 e. The van der Waals surface area contributed by atoms with Gasteiger partial charge in [0.05, 0.1) is 4.92 Å². The van der Waals surface area contributed by atoms with E-state index >= 15 is 0 Å². The Hall–Kier alpha value is -4.20. The zero-order valence-electron chi connectivity index (χ0n) is 15.9. The van der Waals surface area contributed by atoms with E-state index in [2.05, 4.69) is 10.6 Å². The lowest BCUT2D eigenvalue weighted by Gasteiger charge is -2.09. The molecular formula is C22H19N3O5. The van der Waals surface area contributed by atoms with E-state index in [1.165, 1.54) is 24.3 Å². The number of carbonyl (C=O) groups excluding carboxylic acids is 2. The van der Waals surface area contributed by atoms with Crippen molar-refractivity contribution in [1.29, 1.82) is 0 Å². The fourth-order valence-corrected chi connectivity index (χ4v) is 2.61. The van der Waals surface area contributed by atoms with Crippen LogP contribution in [0.15, 0.2) is 78.9 Å². The maximum absolute atomic E-state index is 12.1. The van der Waals surface area contributed by atoms with Crippen molar-refractivity contribution >= 4 is 23.2 Å². The van der Waals surface area contributed by atoms with Gasteiger partial charge in [-0.05, 0) is 36.4 Å². The fourth-order valence-electron chi connectivity index (χ4n) is 2.61. The van der Waals surface area contributed by atoms with E-state index in [1.807, 2.05) is 30.3 Å². The molecule has 0 heterocycles. The van der Waals surface area contributed by atoms with Gasteiger partial charge in [0.15, 0.2) is 0 Å². The van der Waals surface area contributed by atoms with Crippen LogP contribution in [0.3, 0.4) is 0 Å². The van der Waals surface area contributed by atoms with Crippen molar-refractivity contribution in [3.63, 3.8) is 0 Å². The van der Waals surface area contributed by atoms with Crippen molar-refractivity contribution in [1.82, 2.24) is 5.32 Å². The molecule has 0 unspecified atom stereocenters. The molecule has 0 aromatic heterocycles. The molecule has 0 saturated heterocycles. The molecule has 3 aromatic carbocycles. The Balaban J connectivity index is 1.47. The van der Waals surface area contributed by atoms with Gasteiger partial charge in [0.2, 0.25) is 5.91 Å². The predicted molar refractivity (Wildman–Crippen MR) is 112 cm³/mol. The first-order chi connectivity index (χ1) is 14.5. The van der Waals surface area contributed by atoms with E-state index in [9.17, 15) is 19.7 Å². The molecule has 0 aliphatic carbocycles. The minimum atomic E-state index is -0.536. The minimum absolute atomic E-state index is 0.0719. The minimum Gasteiger partial charge on any atom is -0.457 e. The summed E-state index contributed by atoms with van der Waals surface area (Å²) in [5, 5.41) is 16.0. The van der Waals surface area contributed by atoms with Crippen molar-refractivity contribution < 1.29 is 19.2 Å². The van der Waals surface area contributed by atoms with E-state index in [-0.39, 0.29) is 30.1 Å². The molecule has 152 valence electrons. The topological polar surface area (TPSA) is 111 Å². The van der Waals surface area contributed by atoms with Gasteiger partial charge >= 0.3 is 0 Å². The molecule has 0 atom stereocenters. The van der Waals surface area contributed by atoms with Gasteiger partial charge in [-0.2, -0.15) is 0 Å². The van der Waals surface area contributed by atoms with Gasteiger partial charge in [0.25, 0.3) is 11.6 Å². The molecule has 30 heavy (non-hydrogen) atoms.